The number of ether oxygens (including phenoxy) is 1. The molecule has 0 fully saturated rings. The molecule has 0 aromatic carbocycles. The molecular formula is C16H23ClFN5OS. The number of hydrogen-bond donors (Lipinski definition) is 1. The molecule has 0 radical (unpaired) electrons. The van der Waals surface area contributed by atoms with Crippen molar-refractivity contribution in [2.75, 3.05) is 38.3 Å². The van der Waals surface area contributed by atoms with E-state index in [0.717, 1.165) is 13.1 Å². The largest absolute Gasteiger partial charge is 0.473 e. The Morgan fingerprint density at radius 2 is 2.04 bits per heavy atom. The van der Waals surface area contributed by atoms with Crippen molar-refractivity contribution < 1.29 is 9.13 Å². The van der Waals surface area contributed by atoms with Gasteiger partial charge in [0.05, 0.1) is 0 Å². The van der Waals surface area contributed by atoms with E-state index in [4.69, 9.17) is 16.3 Å². The Hall–Kier alpha value is -1.38. The molecule has 2 aromatic rings. The zero-order chi connectivity index (χ0) is 18.6. The molecule has 2 aromatic heterocycles. The number of thioether (sulfide) groups is 1. The molecule has 3 rings (SSSR count). The summed E-state index contributed by atoms with van der Waals surface area (Å²) >= 11 is 7.26. The van der Waals surface area contributed by atoms with Gasteiger partial charge in [0.2, 0.25) is 5.88 Å². The first-order valence-corrected chi connectivity index (χ1v) is 9.79. The SMILES string of the molecule is CC.CSc1nc2c3c(nc(Cl)c(F)c3n1)OC(C)CN(C)CCN2. The van der Waals surface area contributed by atoms with E-state index in [2.05, 4.69) is 25.2 Å². The highest BCUT2D eigenvalue weighted by molar-refractivity contribution is 7.98. The number of pyridine rings is 1. The van der Waals surface area contributed by atoms with Crippen LogP contribution in [-0.4, -0.2) is 58.9 Å². The van der Waals surface area contributed by atoms with Gasteiger partial charge < -0.3 is 15.0 Å². The van der Waals surface area contributed by atoms with Gasteiger partial charge in [-0.15, -0.1) is 0 Å². The van der Waals surface area contributed by atoms with E-state index < -0.39 is 5.82 Å². The average Bonchev–Trinajstić information content (AvgIpc) is 2.60. The molecule has 0 saturated heterocycles. The molecule has 0 bridgehead atoms. The third-order valence-electron chi connectivity index (χ3n) is 3.54. The van der Waals surface area contributed by atoms with Crippen molar-refractivity contribution in [1.82, 2.24) is 19.9 Å². The molecule has 138 valence electrons. The highest BCUT2D eigenvalue weighted by Gasteiger charge is 2.23. The predicted octanol–water partition coefficient (Wildman–Crippen LogP) is 3.69. The summed E-state index contributed by atoms with van der Waals surface area (Å²) < 4.78 is 20.3. The second-order valence-electron chi connectivity index (χ2n) is 5.42. The van der Waals surface area contributed by atoms with Gasteiger partial charge in [0.25, 0.3) is 0 Å². The molecule has 0 aliphatic carbocycles. The Bertz CT molecular complexity index is 748. The van der Waals surface area contributed by atoms with Gasteiger partial charge in [-0.1, -0.05) is 37.2 Å². The molecule has 0 amide bonds. The number of hydrogen-bond acceptors (Lipinski definition) is 7. The van der Waals surface area contributed by atoms with Gasteiger partial charge in [0.15, 0.2) is 16.1 Å². The highest BCUT2D eigenvalue weighted by Crippen LogP contribution is 2.35. The number of halogens is 2. The summed E-state index contributed by atoms with van der Waals surface area (Å²) in [6, 6.07) is 0. The molecular weight excluding hydrogens is 365 g/mol. The molecule has 3 heterocycles. The first kappa shape index (κ1) is 19.9. The molecule has 25 heavy (non-hydrogen) atoms. The summed E-state index contributed by atoms with van der Waals surface area (Å²) in [5.41, 5.74) is 0.128. The van der Waals surface area contributed by atoms with E-state index in [1.54, 1.807) is 0 Å². The molecule has 1 aliphatic heterocycles. The van der Waals surface area contributed by atoms with Crippen LogP contribution in [-0.2, 0) is 0 Å². The number of anilines is 1. The van der Waals surface area contributed by atoms with Crippen LogP contribution in [0.2, 0.25) is 5.15 Å². The zero-order valence-corrected chi connectivity index (χ0v) is 16.6. The van der Waals surface area contributed by atoms with E-state index in [0.29, 0.717) is 22.9 Å². The molecule has 9 heteroatoms. The van der Waals surface area contributed by atoms with Crippen LogP contribution >= 0.6 is 23.4 Å². The van der Waals surface area contributed by atoms with Gasteiger partial charge >= 0.3 is 0 Å². The standard InChI is InChI=1S/C14H17ClFN5OS.C2H6/c1-7-6-21(2)5-4-17-12-8-10(18-14(20-12)23-3)9(16)11(15)19-13(8)22-7;1-2/h7H,4-6H2,1-3H3,(H,17,18,20);1-2H3. The van der Waals surface area contributed by atoms with E-state index in [1.807, 2.05) is 34.1 Å². The zero-order valence-electron chi connectivity index (χ0n) is 15.1. The fraction of sp³-hybridized carbons (Fsp3) is 0.562. The van der Waals surface area contributed by atoms with Crippen LogP contribution in [0.25, 0.3) is 10.9 Å². The summed E-state index contributed by atoms with van der Waals surface area (Å²) in [4.78, 5) is 14.9. The summed E-state index contributed by atoms with van der Waals surface area (Å²) in [6.45, 7) is 8.14. The van der Waals surface area contributed by atoms with Gasteiger partial charge in [-0.05, 0) is 20.2 Å². The lowest BCUT2D eigenvalue weighted by atomic mass is 10.2. The average molecular weight is 388 g/mol. The van der Waals surface area contributed by atoms with Crippen LogP contribution in [0.3, 0.4) is 0 Å². The first-order valence-electron chi connectivity index (χ1n) is 8.19. The molecule has 1 atom stereocenters. The Balaban J connectivity index is 0.00000109. The Morgan fingerprint density at radius 1 is 1.32 bits per heavy atom. The minimum Gasteiger partial charge on any atom is -0.473 e. The second kappa shape index (κ2) is 8.82. The predicted molar refractivity (Wildman–Crippen MR) is 102 cm³/mol. The summed E-state index contributed by atoms with van der Waals surface area (Å²) in [6.07, 6.45) is 1.71. The first-order chi connectivity index (χ1) is 12.0. The topological polar surface area (TPSA) is 63.2 Å². The molecule has 0 saturated carbocycles. The minimum absolute atomic E-state index is 0.122. The van der Waals surface area contributed by atoms with E-state index in [1.165, 1.54) is 11.8 Å². The number of rotatable bonds is 1. The lowest BCUT2D eigenvalue weighted by molar-refractivity contribution is 0.160. The van der Waals surface area contributed by atoms with Crippen molar-refractivity contribution in [3.8, 4) is 5.88 Å². The summed E-state index contributed by atoms with van der Waals surface area (Å²) in [5, 5.41) is 3.87. The van der Waals surface area contributed by atoms with Crippen LogP contribution in [0, 0.1) is 5.82 Å². The molecule has 1 N–H and O–H groups in total. The molecule has 6 nitrogen and oxygen atoms in total. The fourth-order valence-corrected chi connectivity index (χ4v) is 3.05. The monoisotopic (exact) mass is 387 g/mol. The number of aromatic nitrogens is 3. The van der Waals surface area contributed by atoms with Gasteiger partial charge in [0, 0.05) is 19.6 Å². The quantitative estimate of drug-likeness (QED) is 0.454. The van der Waals surface area contributed by atoms with Crippen molar-refractivity contribution in [2.24, 2.45) is 0 Å². The van der Waals surface area contributed by atoms with Crippen molar-refractivity contribution in [3.63, 3.8) is 0 Å². The normalized spacial score (nSPS) is 18.0. The van der Waals surface area contributed by atoms with Gasteiger partial charge in [-0.3, -0.25) is 0 Å². The van der Waals surface area contributed by atoms with E-state index in [-0.39, 0.29) is 22.7 Å². The lowest BCUT2D eigenvalue weighted by Gasteiger charge is -2.25. The molecule has 1 aliphatic rings. The molecule has 0 spiro atoms. The smallest absolute Gasteiger partial charge is 0.228 e. The van der Waals surface area contributed by atoms with Gasteiger partial charge in [-0.2, -0.15) is 4.98 Å². The number of nitrogens with one attached hydrogen (secondary N) is 1. The Kier molecular flexibility index (Phi) is 7.04. The van der Waals surface area contributed by atoms with Crippen LogP contribution in [0.15, 0.2) is 5.16 Å². The van der Waals surface area contributed by atoms with Crippen molar-refractivity contribution in [3.05, 3.63) is 11.0 Å². The third-order valence-corrected chi connectivity index (χ3v) is 4.34. The summed E-state index contributed by atoms with van der Waals surface area (Å²) in [7, 11) is 2.01. The van der Waals surface area contributed by atoms with Crippen LogP contribution in [0.4, 0.5) is 10.2 Å². The number of nitrogens with zero attached hydrogens (tertiary/aromatic N) is 4. The van der Waals surface area contributed by atoms with Crippen LogP contribution < -0.4 is 10.1 Å². The second-order valence-corrected chi connectivity index (χ2v) is 6.55. The van der Waals surface area contributed by atoms with Gasteiger partial charge in [-0.25, -0.2) is 14.4 Å². The van der Waals surface area contributed by atoms with Crippen molar-refractivity contribution >= 4 is 40.1 Å². The van der Waals surface area contributed by atoms with Gasteiger partial charge in [0.1, 0.15) is 22.8 Å². The Morgan fingerprint density at radius 3 is 2.72 bits per heavy atom. The number of likely N-dealkylation sites (N-methyl/N-ethyl adjacent to an activating group) is 1. The van der Waals surface area contributed by atoms with Crippen LogP contribution in [0.5, 0.6) is 5.88 Å². The maximum atomic E-state index is 14.4. The van der Waals surface area contributed by atoms with E-state index in [9.17, 15) is 4.39 Å². The third kappa shape index (κ3) is 4.43. The maximum absolute atomic E-state index is 14.4. The highest BCUT2D eigenvalue weighted by atomic mass is 35.5. The van der Waals surface area contributed by atoms with Crippen molar-refractivity contribution in [1.29, 1.82) is 0 Å². The van der Waals surface area contributed by atoms with Crippen molar-refractivity contribution in [2.45, 2.75) is 32.0 Å². The fourth-order valence-electron chi connectivity index (χ4n) is 2.52. The Labute approximate surface area is 156 Å². The molecule has 1 unspecified atom stereocenters. The minimum atomic E-state index is -0.656. The maximum Gasteiger partial charge on any atom is 0.228 e. The van der Waals surface area contributed by atoms with Crippen LogP contribution in [0.1, 0.15) is 20.8 Å². The lowest BCUT2D eigenvalue weighted by Crippen LogP contribution is -2.35. The van der Waals surface area contributed by atoms with E-state index >= 15 is 0 Å². The summed E-state index contributed by atoms with van der Waals surface area (Å²) in [5.74, 6) is 0.112.